The zero-order chi connectivity index (χ0) is 37.1. The van der Waals surface area contributed by atoms with Crippen LogP contribution in [0.5, 0.6) is 0 Å². The van der Waals surface area contributed by atoms with E-state index in [9.17, 15) is 13.7 Å². The van der Waals surface area contributed by atoms with Gasteiger partial charge in [-0.25, -0.2) is 18.4 Å². The van der Waals surface area contributed by atoms with E-state index in [0.29, 0.717) is 25.1 Å². The Morgan fingerprint density at radius 3 is 1.93 bits per heavy atom. The van der Waals surface area contributed by atoms with Crippen LogP contribution in [0.1, 0.15) is 39.1 Å². The van der Waals surface area contributed by atoms with E-state index in [0.717, 1.165) is 39.2 Å². The molecule has 54 heavy (non-hydrogen) atoms. The Kier molecular flexibility index (Phi) is 9.42. The minimum absolute atomic E-state index is 0.00173. The molecule has 8 rings (SSSR count). The van der Waals surface area contributed by atoms with Gasteiger partial charge in [0.25, 0.3) is 10.0 Å². The highest BCUT2D eigenvalue weighted by atomic mass is 32.2. The van der Waals surface area contributed by atoms with Crippen LogP contribution in [-0.4, -0.2) is 44.4 Å². The van der Waals surface area contributed by atoms with E-state index in [1.165, 1.54) is 6.33 Å². The van der Waals surface area contributed by atoms with Crippen LogP contribution < -0.4 is 4.90 Å². The second kappa shape index (κ2) is 14.6. The lowest BCUT2D eigenvalue weighted by Crippen LogP contribution is -2.50. The number of aryl methyl sites for hydroxylation is 1. The zero-order valence-electron chi connectivity index (χ0n) is 29.8. The number of nitrogens with zero attached hydrogens (tertiary/aromatic N) is 7. The van der Waals surface area contributed by atoms with Crippen molar-refractivity contribution >= 4 is 15.7 Å². The molecule has 268 valence electrons. The van der Waals surface area contributed by atoms with Crippen LogP contribution in [-0.2, 0) is 42.1 Å². The monoisotopic (exact) mass is 729 g/mol. The third kappa shape index (κ3) is 6.49. The molecule has 1 atom stereocenters. The first-order valence-electron chi connectivity index (χ1n) is 17.9. The number of nitriles is 1. The number of sulfonamides is 1. The summed E-state index contributed by atoms with van der Waals surface area (Å²) in [5.74, 6) is 0. The van der Waals surface area contributed by atoms with Gasteiger partial charge in [-0.2, -0.15) is 9.57 Å². The molecule has 0 radical (unpaired) electrons. The molecular formula is C44H39N7O2S. The molecule has 1 aliphatic rings. The van der Waals surface area contributed by atoms with Crippen LogP contribution in [0.2, 0.25) is 0 Å². The average molecular weight is 730 g/mol. The van der Waals surface area contributed by atoms with E-state index in [2.05, 4.69) is 99.5 Å². The van der Waals surface area contributed by atoms with Crippen LogP contribution in [0.3, 0.4) is 0 Å². The maximum absolute atomic E-state index is 14.4. The molecule has 1 aliphatic heterocycles. The Morgan fingerprint density at radius 2 is 1.37 bits per heavy atom. The molecule has 7 aromatic rings. The van der Waals surface area contributed by atoms with Gasteiger partial charge in [0.2, 0.25) is 0 Å². The van der Waals surface area contributed by atoms with Crippen molar-refractivity contribution in [2.75, 3.05) is 11.4 Å². The largest absolute Gasteiger partial charge is 0.364 e. The smallest absolute Gasteiger partial charge is 0.262 e. The van der Waals surface area contributed by atoms with E-state index in [-0.39, 0.29) is 11.6 Å². The lowest BCUT2D eigenvalue weighted by Gasteiger charge is -2.40. The summed E-state index contributed by atoms with van der Waals surface area (Å²) in [4.78, 5) is 11.5. The lowest BCUT2D eigenvalue weighted by molar-refractivity contribution is 0.302. The Hall–Kier alpha value is -6.28. The molecule has 0 fully saturated rings. The highest BCUT2D eigenvalue weighted by Gasteiger charge is 2.40. The van der Waals surface area contributed by atoms with Crippen molar-refractivity contribution < 1.29 is 8.42 Å². The number of fused-ring (bicyclic) bond motifs is 1. The SMILES string of the molecule is Cn1cnc(S(=O)(=O)N(Cc2ccccc2)C2Cc3cc(C#N)ccc3N(Cc3cn(C(c4ccccc4)(c4ccccc4)c4ccccc4)cn3)C2)c1. The number of benzene rings is 5. The van der Waals surface area contributed by atoms with Crippen LogP contribution in [0.4, 0.5) is 5.69 Å². The van der Waals surface area contributed by atoms with Crippen molar-refractivity contribution in [3.05, 3.63) is 204 Å². The van der Waals surface area contributed by atoms with Gasteiger partial charge in [0.15, 0.2) is 5.03 Å². The topological polar surface area (TPSA) is 100 Å². The minimum Gasteiger partial charge on any atom is -0.364 e. The molecular weight excluding hydrogens is 691 g/mol. The molecule has 3 heterocycles. The van der Waals surface area contributed by atoms with Crippen LogP contribution in [0.15, 0.2) is 170 Å². The summed E-state index contributed by atoms with van der Waals surface area (Å²) in [5, 5.41) is 9.86. The molecule has 5 aromatic carbocycles. The number of imidazole rings is 2. The Bertz CT molecular complexity index is 2420. The minimum atomic E-state index is -4.01. The first-order valence-corrected chi connectivity index (χ1v) is 19.3. The summed E-state index contributed by atoms with van der Waals surface area (Å²) in [7, 11) is -2.25. The number of hydrogen-bond acceptors (Lipinski definition) is 6. The first-order chi connectivity index (χ1) is 26.4. The molecule has 0 aliphatic carbocycles. The third-order valence-electron chi connectivity index (χ3n) is 10.2. The van der Waals surface area contributed by atoms with Gasteiger partial charge in [0.1, 0.15) is 5.54 Å². The number of hydrogen-bond donors (Lipinski definition) is 0. The van der Waals surface area contributed by atoms with Crippen molar-refractivity contribution in [3.63, 3.8) is 0 Å². The van der Waals surface area contributed by atoms with Crippen molar-refractivity contribution in [2.24, 2.45) is 7.05 Å². The second-order valence-electron chi connectivity index (χ2n) is 13.7. The van der Waals surface area contributed by atoms with E-state index in [1.807, 2.05) is 73.1 Å². The lowest BCUT2D eigenvalue weighted by atomic mass is 9.77. The maximum atomic E-state index is 14.4. The zero-order valence-corrected chi connectivity index (χ0v) is 30.7. The highest BCUT2D eigenvalue weighted by molar-refractivity contribution is 7.89. The normalized spacial score (nSPS) is 14.5. The standard InChI is InChI=1S/C44H39N7O2S/c1-48-31-43(47-32-48)54(52,53)51(27-34-14-6-2-7-15-34)41-25-36-24-35(26-45)22-23-42(36)49(30-41)28-40-29-50(33-46-40)44(37-16-8-3-9-17-37,38-18-10-4-11-19-38)39-20-12-5-13-21-39/h2-24,29,31-33,41H,25,27-28,30H2,1H3. The van der Waals surface area contributed by atoms with Crippen LogP contribution in [0.25, 0.3) is 0 Å². The molecule has 0 saturated heterocycles. The van der Waals surface area contributed by atoms with Crippen molar-refractivity contribution in [1.29, 1.82) is 5.26 Å². The van der Waals surface area contributed by atoms with Gasteiger partial charge in [-0.1, -0.05) is 121 Å². The Morgan fingerprint density at radius 1 is 0.778 bits per heavy atom. The molecule has 0 spiro atoms. The van der Waals surface area contributed by atoms with Gasteiger partial charge in [0, 0.05) is 44.3 Å². The predicted octanol–water partition coefficient (Wildman–Crippen LogP) is 7.15. The molecule has 1 unspecified atom stereocenters. The van der Waals surface area contributed by atoms with Gasteiger partial charge in [-0.05, 0) is 52.4 Å². The molecule has 0 saturated carbocycles. The van der Waals surface area contributed by atoms with Gasteiger partial charge >= 0.3 is 0 Å². The third-order valence-corrected chi connectivity index (χ3v) is 12.0. The van der Waals surface area contributed by atoms with E-state index < -0.39 is 21.6 Å². The van der Waals surface area contributed by atoms with Gasteiger partial charge < -0.3 is 14.0 Å². The molecule has 0 amide bonds. The van der Waals surface area contributed by atoms with Gasteiger partial charge in [-0.3, -0.25) is 0 Å². The number of anilines is 1. The maximum Gasteiger partial charge on any atom is 0.262 e. The quantitative estimate of drug-likeness (QED) is 0.131. The second-order valence-corrected chi connectivity index (χ2v) is 15.5. The van der Waals surface area contributed by atoms with Crippen molar-refractivity contribution in [2.45, 2.75) is 36.1 Å². The van der Waals surface area contributed by atoms with E-state index in [4.69, 9.17) is 4.98 Å². The molecule has 0 N–H and O–H groups in total. The summed E-state index contributed by atoms with van der Waals surface area (Å²) >= 11 is 0. The fourth-order valence-electron chi connectivity index (χ4n) is 7.77. The average Bonchev–Trinajstić information content (AvgIpc) is 3.88. The molecule has 0 bridgehead atoms. The fourth-order valence-corrected chi connectivity index (χ4v) is 9.34. The Labute approximate surface area is 316 Å². The molecule has 10 heteroatoms. The van der Waals surface area contributed by atoms with Gasteiger partial charge in [-0.15, -0.1) is 0 Å². The van der Waals surface area contributed by atoms with Crippen LogP contribution >= 0.6 is 0 Å². The summed E-state index contributed by atoms with van der Waals surface area (Å²) in [5.41, 5.74) is 6.64. The molecule has 9 nitrogen and oxygen atoms in total. The highest BCUT2D eigenvalue weighted by Crippen LogP contribution is 2.41. The summed E-state index contributed by atoms with van der Waals surface area (Å²) in [6, 6.07) is 48.5. The fraction of sp³-hybridized carbons (Fsp3) is 0.159. The van der Waals surface area contributed by atoms with Crippen LogP contribution in [0, 0.1) is 11.3 Å². The summed E-state index contributed by atoms with van der Waals surface area (Å²) in [6.07, 6.45) is 7.49. The number of rotatable bonds is 11. The van der Waals surface area contributed by atoms with Gasteiger partial charge in [0.05, 0.1) is 36.5 Å². The summed E-state index contributed by atoms with van der Waals surface area (Å²) < 4.78 is 34.3. The van der Waals surface area contributed by atoms with Crippen molar-refractivity contribution in [3.8, 4) is 6.07 Å². The summed E-state index contributed by atoms with van der Waals surface area (Å²) in [6.45, 7) is 0.999. The Balaban J connectivity index is 1.22. The van der Waals surface area contributed by atoms with Crippen molar-refractivity contribution in [1.82, 2.24) is 23.4 Å². The predicted molar refractivity (Wildman–Crippen MR) is 209 cm³/mol. The van der Waals surface area contributed by atoms with E-state index >= 15 is 0 Å². The first kappa shape index (κ1) is 34.8. The number of aromatic nitrogens is 4. The van der Waals surface area contributed by atoms with E-state index in [1.54, 1.807) is 22.1 Å². The molecule has 2 aromatic heterocycles.